The van der Waals surface area contributed by atoms with Crippen LogP contribution in [0.1, 0.15) is 103 Å². The van der Waals surface area contributed by atoms with Crippen LogP contribution in [0.15, 0.2) is 103 Å². The van der Waals surface area contributed by atoms with E-state index in [1.807, 2.05) is 0 Å². The van der Waals surface area contributed by atoms with Crippen molar-refractivity contribution in [2.45, 2.75) is 72.1 Å². The molecule has 2 aliphatic carbocycles. The number of rotatable bonds is 3. The first-order valence-electron chi connectivity index (χ1n) is 16.3. The molecular weight excluding hydrogens is 540 g/mol. The summed E-state index contributed by atoms with van der Waals surface area (Å²) in [5.74, 6) is 0.152. The van der Waals surface area contributed by atoms with Crippen LogP contribution in [0, 0.1) is 13.8 Å². The Labute approximate surface area is 269 Å². The molecule has 2 aliphatic rings. The highest BCUT2D eigenvalue weighted by Gasteiger charge is 2.33. The van der Waals surface area contributed by atoms with Crippen molar-refractivity contribution < 1.29 is 0 Å². The van der Waals surface area contributed by atoms with Gasteiger partial charge in [-0.3, -0.25) is 0 Å². The number of hydrogen-bond acceptors (Lipinski definition) is 0. The van der Waals surface area contributed by atoms with Crippen LogP contribution in [-0.4, -0.2) is 0 Å². The summed E-state index contributed by atoms with van der Waals surface area (Å²) in [5, 5.41) is 2.57. The normalized spacial score (nSPS) is 15.0. The fraction of sp³-hybridized carbons (Fsp3) is 0.244. The zero-order chi connectivity index (χ0) is 31.7. The predicted molar refractivity (Wildman–Crippen MR) is 192 cm³/mol. The van der Waals surface area contributed by atoms with Crippen molar-refractivity contribution in [2.24, 2.45) is 0 Å². The predicted octanol–water partition coefficient (Wildman–Crippen LogP) is 9.99. The first-order valence-corrected chi connectivity index (χ1v) is 16.3. The minimum absolute atomic E-state index is 0.0688. The fourth-order valence-electron chi connectivity index (χ4n) is 7.49. The third-order valence-electron chi connectivity index (χ3n) is 9.86. The minimum Gasteiger partial charge on any atom is -0.0720 e. The number of hydrogen-bond donors (Lipinski definition) is 0. The zero-order valence-electron chi connectivity index (χ0n) is 28.0. The standard InChI is InChI=1S/C45H43/c1-28-19-20-32-21-23-36(40(32)29(28)2)42-38-26-33-25-34(44(3,4)5)22-24-35(33)37(38)27-39(43(42)45(6,7)8)41(30-15-11-9-12-16-30)31-17-13-10-14-18-31/h9-25,27,36H,1-8H3. The third-order valence-corrected chi connectivity index (χ3v) is 9.86. The molecule has 1 radical (unpaired) electrons. The van der Waals surface area contributed by atoms with Crippen molar-refractivity contribution in [1.82, 2.24) is 0 Å². The van der Waals surface area contributed by atoms with Crippen LogP contribution >= 0.6 is 0 Å². The number of allylic oxidation sites excluding steroid dienone is 1. The first-order chi connectivity index (χ1) is 21.4. The molecule has 5 aromatic carbocycles. The first kappa shape index (κ1) is 29.3. The van der Waals surface area contributed by atoms with Crippen molar-refractivity contribution >= 4 is 17.7 Å². The van der Waals surface area contributed by atoms with Gasteiger partial charge in [-0.25, -0.2) is 0 Å². The Morgan fingerprint density at radius 1 is 0.644 bits per heavy atom. The van der Waals surface area contributed by atoms with Crippen LogP contribution in [0.5, 0.6) is 0 Å². The molecule has 1 unspecified atom stereocenters. The third kappa shape index (κ3) is 4.92. The topological polar surface area (TPSA) is 0 Å². The molecule has 0 heterocycles. The lowest BCUT2D eigenvalue weighted by Crippen LogP contribution is -2.34. The molecule has 0 amide bonds. The molecule has 0 heteroatoms. The van der Waals surface area contributed by atoms with Crippen LogP contribution < -0.4 is 10.4 Å². The maximum Gasteiger partial charge on any atom is 0.0291 e. The summed E-state index contributed by atoms with van der Waals surface area (Å²) in [6.07, 6.45) is 8.81. The lowest BCUT2D eigenvalue weighted by molar-refractivity contribution is 0.576. The second-order valence-corrected chi connectivity index (χ2v) is 15.0. The van der Waals surface area contributed by atoms with E-state index in [-0.39, 0.29) is 16.7 Å². The molecule has 1 atom stereocenters. The van der Waals surface area contributed by atoms with Crippen LogP contribution in [0.3, 0.4) is 0 Å². The second-order valence-electron chi connectivity index (χ2n) is 15.0. The van der Waals surface area contributed by atoms with Gasteiger partial charge in [0.25, 0.3) is 0 Å². The SMILES string of the molecule is Cc1ccc2c(c1C)C(c1c(C(C)(C)C)c(=C(c3ccccc3)c3ccccc3)cc3c1=[C]c1cc(C(C)(C)C)ccc1-3)C=C2. The Morgan fingerprint density at radius 3 is 1.89 bits per heavy atom. The van der Waals surface area contributed by atoms with Crippen LogP contribution in [0.2, 0.25) is 0 Å². The molecule has 223 valence electrons. The molecule has 0 N–H and O–H groups in total. The van der Waals surface area contributed by atoms with Gasteiger partial charge < -0.3 is 0 Å². The van der Waals surface area contributed by atoms with E-state index in [1.54, 1.807) is 0 Å². The van der Waals surface area contributed by atoms with Gasteiger partial charge in [-0.05, 0) is 126 Å². The molecule has 0 saturated heterocycles. The molecule has 5 aromatic rings. The van der Waals surface area contributed by atoms with E-state index in [0.717, 1.165) is 0 Å². The van der Waals surface area contributed by atoms with Gasteiger partial charge in [-0.1, -0.05) is 139 Å². The van der Waals surface area contributed by atoms with E-state index in [4.69, 9.17) is 0 Å². The Hall–Kier alpha value is -4.42. The Bertz CT molecular complexity index is 2070. The molecule has 0 fully saturated rings. The van der Waals surface area contributed by atoms with Gasteiger partial charge in [0.1, 0.15) is 0 Å². The van der Waals surface area contributed by atoms with Gasteiger partial charge in [0.15, 0.2) is 0 Å². The average Bonchev–Trinajstić information content (AvgIpc) is 3.60. The van der Waals surface area contributed by atoms with Gasteiger partial charge in [0.2, 0.25) is 0 Å². The van der Waals surface area contributed by atoms with Crippen molar-refractivity contribution in [2.75, 3.05) is 0 Å². The molecule has 0 saturated carbocycles. The molecular formula is C45H43. The summed E-state index contributed by atoms with van der Waals surface area (Å²) >= 11 is 0. The van der Waals surface area contributed by atoms with Crippen LogP contribution in [0.25, 0.3) is 28.9 Å². The molecule has 0 nitrogen and oxygen atoms in total. The number of benzene rings is 5. The summed E-state index contributed by atoms with van der Waals surface area (Å²) in [4.78, 5) is 0. The number of fused-ring (bicyclic) bond motifs is 4. The van der Waals surface area contributed by atoms with Crippen molar-refractivity contribution in [1.29, 1.82) is 0 Å². The smallest absolute Gasteiger partial charge is 0.0291 e. The zero-order valence-corrected chi connectivity index (χ0v) is 28.0. The maximum absolute atomic E-state index is 4.02. The Balaban J connectivity index is 1.70. The van der Waals surface area contributed by atoms with Gasteiger partial charge >= 0.3 is 0 Å². The highest BCUT2D eigenvalue weighted by molar-refractivity contribution is 5.88. The summed E-state index contributed by atoms with van der Waals surface area (Å²) in [6.45, 7) is 18.6. The van der Waals surface area contributed by atoms with Crippen molar-refractivity contribution in [3.8, 4) is 11.1 Å². The highest BCUT2D eigenvalue weighted by atomic mass is 14.4. The highest BCUT2D eigenvalue weighted by Crippen LogP contribution is 2.43. The lowest BCUT2D eigenvalue weighted by atomic mass is 9.73. The summed E-state index contributed by atoms with van der Waals surface area (Å²) in [6, 6.07) is 36.1. The lowest BCUT2D eigenvalue weighted by Gasteiger charge is -2.30. The summed E-state index contributed by atoms with van der Waals surface area (Å²) in [5.41, 5.74) is 17.1. The average molecular weight is 584 g/mol. The molecule has 0 bridgehead atoms. The number of aryl methyl sites for hydroxylation is 1. The molecule has 0 aliphatic heterocycles. The summed E-state index contributed by atoms with van der Waals surface area (Å²) < 4.78 is 0. The molecule has 0 aromatic heterocycles. The van der Waals surface area contributed by atoms with Crippen LogP contribution in [-0.2, 0) is 10.8 Å². The Morgan fingerprint density at radius 2 is 1.29 bits per heavy atom. The monoisotopic (exact) mass is 583 g/mol. The van der Waals surface area contributed by atoms with E-state index >= 15 is 0 Å². The Kier molecular flexibility index (Phi) is 6.90. The van der Waals surface area contributed by atoms with E-state index in [9.17, 15) is 0 Å². The van der Waals surface area contributed by atoms with Crippen LogP contribution in [0.4, 0.5) is 0 Å². The van der Waals surface area contributed by atoms with E-state index in [0.29, 0.717) is 0 Å². The van der Waals surface area contributed by atoms with Gasteiger partial charge in [0.05, 0.1) is 0 Å². The van der Waals surface area contributed by atoms with E-state index in [2.05, 4.69) is 171 Å². The fourth-order valence-corrected chi connectivity index (χ4v) is 7.49. The van der Waals surface area contributed by atoms with Gasteiger partial charge in [0, 0.05) is 5.92 Å². The minimum atomic E-state index is -0.129. The van der Waals surface area contributed by atoms with E-state index < -0.39 is 0 Å². The van der Waals surface area contributed by atoms with Crippen molar-refractivity contribution in [3.63, 3.8) is 0 Å². The summed E-state index contributed by atoms with van der Waals surface area (Å²) in [7, 11) is 0. The molecule has 45 heavy (non-hydrogen) atoms. The second kappa shape index (κ2) is 10.6. The van der Waals surface area contributed by atoms with E-state index in [1.165, 1.54) is 82.8 Å². The van der Waals surface area contributed by atoms with Crippen molar-refractivity contribution in [3.05, 3.63) is 169 Å². The quantitative estimate of drug-likeness (QED) is 0.194. The molecule has 0 spiro atoms. The molecule has 7 rings (SSSR count). The van der Waals surface area contributed by atoms with Gasteiger partial charge in [-0.15, -0.1) is 0 Å². The van der Waals surface area contributed by atoms with Gasteiger partial charge in [-0.2, -0.15) is 0 Å². The largest absolute Gasteiger partial charge is 0.0720 e. The maximum atomic E-state index is 4.02.